The maximum absolute atomic E-state index is 9.85. The number of rotatable bonds is 2. The predicted molar refractivity (Wildman–Crippen MR) is 81.3 cm³/mol. The lowest BCUT2D eigenvalue weighted by Gasteiger charge is -2.01. The summed E-state index contributed by atoms with van der Waals surface area (Å²) in [5, 5.41) is 22.5. The van der Waals surface area contributed by atoms with E-state index in [-0.39, 0.29) is 11.5 Å². The second kappa shape index (κ2) is 5.15. The first-order chi connectivity index (χ1) is 9.63. The van der Waals surface area contributed by atoms with Crippen molar-refractivity contribution in [1.29, 1.82) is 0 Å². The van der Waals surface area contributed by atoms with Gasteiger partial charge in [-0.15, -0.1) is 11.3 Å². The van der Waals surface area contributed by atoms with E-state index in [9.17, 15) is 10.2 Å². The number of aromatic hydroxyl groups is 2. The van der Waals surface area contributed by atoms with Gasteiger partial charge in [0.25, 0.3) is 0 Å². The molecule has 5 heteroatoms. The smallest absolute Gasteiger partial charge is 0.128 e. The molecule has 0 saturated heterocycles. The monoisotopic (exact) mass is 303 g/mol. The molecule has 0 amide bonds. The maximum Gasteiger partial charge on any atom is 0.128 e. The van der Waals surface area contributed by atoms with Gasteiger partial charge >= 0.3 is 0 Å². The Hall–Kier alpha value is -2.04. The number of halogens is 1. The standard InChI is InChI=1S/C15H10ClNO2S/c16-10-3-1-2-9(6-10)15-17-13(8-20-15)12-5-4-11(18)7-14(12)19/h1-8,18-19H. The average Bonchev–Trinajstić information content (AvgIpc) is 2.88. The number of hydrogen-bond donors (Lipinski definition) is 2. The minimum absolute atomic E-state index is 0.00736. The van der Waals surface area contributed by atoms with Crippen LogP contribution in [0.3, 0.4) is 0 Å². The molecule has 0 aliphatic heterocycles. The lowest BCUT2D eigenvalue weighted by Crippen LogP contribution is -1.81. The molecule has 0 bridgehead atoms. The lowest BCUT2D eigenvalue weighted by atomic mass is 10.1. The molecule has 20 heavy (non-hydrogen) atoms. The van der Waals surface area contributed by atoms with Crippen molar-refractivity contribution in [3.8, 4) is 33.3 Å². The molecule has 0 radical (unpaired) electrons. The first kappa shape index (κ1) is 13.0. The van der Waals surface area contributed by atoms with E-state index in [1.165, 1.54) is 23.5 Å². The van der Waals surface area contributed by atoms with Crippen LogP contribution in [0.1, 0.15) is 0 Å². The van der Waals surface area contributed by atoms with E-state index < -0.39 is 0 Å². The largest absolute Gasteiger partial charge is 0.508 e. The average molecular weight is 304 g/mol. The van der Waals surface area contributed by atoms with Crippen LogP contribution in [0, 0.1) is 0 Å². The molecule has 1 aromatic heterocycles. The van der Waals surface area contributed by atoms with Gasteiger partial charge < -0.3 is 10.2 Å². The van der Waals surface area contributed by atoms with Crippen molar-refractivity contribution in [3.05, 3.63) is 52.9 Å². The summed E-state index contributed by atoms with van der Waals surface area (Å²) in [6, 6.07) is 11.9. The second-order valence-corrected chi connectivity index (χ2v) is 5.54. The van der Waals surface area contributed by atoms with E-state index >= 15 is 0 Å². The highest BCUT2D eigenvalue weighted by Crippen LogP contribution is 2.35. The number of hydrogen-bond acceptors (Lipinski definition) is 4. The Morgan fingerprint density at radius 2 is 1.90 bits per heavy atom. The van der Waals surface area contributed by atoms with Gasteiger partial charge in [-0.2, -0.15) is 0 Å². The molecule has 3 rings (SSSR count). The minimum atomic E-state index is 0.00736. The highest BCUT2D eigenvalue weighted by atomic mass is 35.5. The normalized spacial score (nSPS) is 10.7. The molecular formula is C15H10ClNO2S. The molecule has 0 spiro atoms. The first-order valence-corrected chi connectivity index (χ1v) is 7.13. The summed E-state index contributed by atoms with van der Waals surface area (Å²) in [5.41, 5.74) is 2.20. The number of nitrogens with zero attached hydrogens (tertiary/aromatic N) is 1. The highest BCUT2D eigenvalue weighted by Gasteiger charge is 2.10. The quantitative estimate of drug-likeness (QED) is 0.730. The van der Waals surface area contributed by atoms with Crippen LogP contribution in [-0.2, 0) is 0 Å². The molecule has 1 heterocycles. The molecular weight excluding hydrogens is 294 g/mol. The van der Waals surface area contributed by atoms with Gasteiger partial charge in [0.1, 0.15) is 16.5 Å². The fourth-order valence-electron chi connectivity index (χ4n) is 1.89. The molecule has 0 aliphatic rings. The fourth-order valence-corrected chi connectivity index (χ4v) is 2.90. The van der Waals surface area contributed by atoms with Crippen molar-refractivity contribution in [1.82, 2.24) is 4.98 Å². The number of aromatic nitrogens is 1. The third-order valence-corrected chi connectivity index (χ3v) is 3.96. The summed E-state index contributed by atoms with van der Waals surface area (Å²) in [6.45, 7) is 0. The minimum Gasteiger partial charge on any atom is -0.508 e. The molecule has 0 fully saturated rings. The Bertz CT molecular complexity index is 770. The van der Waals surface area contributed by atoms with Crippen molar-refractivity contribution < 1.29 is 10.2 Å². The van der Waals surface area contributed by atoms with Gasteiger partial charge in [0, 0.05) is 27.6 Å². The first-order valence-electron chi connectivity index (χ1n) is 5.87. The summed E-state index contributed by atoms with van der Waals surface area (Å²) in [4.78, 5) is 4.50. The van der Waals surface area contributed by atoms with Crippen molar-refractivity contribution >= 4 is 22.9 Å². The van der Waals surface area contributed by atoms with E-state index in [1.807, 2.05) is 29.6 Å². The van der Waals surface area contributed by atoms with Crippen LogP contribution in [0.5, 0.6) is 11.5 Å². The van der Waals surface area contributed by atoms with Gasteiger partial charge in [0.2, 0.25) is 0 Å². The molecule has 3 aromatic rings. The maximum atomic E-state index is 9.85. The summed E-state index contributed by atoms with van der Waals surface area (Å²) >= 11 is 7.45. The van der Waals surface area contributed by atoms with Crippen molar-refractivity contribution in [3.63, 3.8) is 0 Å². The van der Waals surface area contributed by atoms with Gasteiger partial charge in [-0.1, -0.05) is 23.7 Å². The Labute approximate surface area is 124 Å². The molecule has 100 valence electrons. The Balaban J connectivity index is 2.02. The third kappa shape index (κ3) is 2.48. The highest BCUT2D eigenvalue weighted by molar-refractivity contribution is 7.13. The Kier molecular flexibility index (Phi) is 3.34. The van der Waals surface area contributed by atoms with E-state index in [2.05, 4.69) is 4.98 Å². The molecule has 2 N–H and O–H groups in total. The molecule has 0 aliphatic carbocycles. The van der Waals surface area contributed by atoms with Crippen LogP contribution in [0.15, 0.2) is 47.8 Å². The molecule has 0 unspecified atom stereocenters. The van der Waals surface area contributed by atoms with Crippen LogP contribution in [-0.4, -0.2) is 15.2 Å². The fraction of sp³-hybridized carbons (Fsp3) is 0. The van der Waals surface area contributed by atoms with Crippen molar-refractivity contribution in [2.24, 2.45) is 0 Å². The van der Waals surface area contributed by atoms with Gasteiger partial charge in [-0.3, -0.25) is 0 Å². The topological polar surface area (TPSA) is 53.4 Å². The van der Waals surface area contributed by atoms with E-state index in [1.54, 1.807) is 6.07 Å². The zero-order chi connectivity index (χ0) is 14.1. The van der Waals surface area contributed by atoms with Gasteiger partial charge in [0.05, 0.1) is 5.69 Å². The van der Waals surface area contributed by atoms with Gasteiger partial charge in [-0.05, 0) is 24.3 Å². The SMILES string of the molecule is Oc1ccc(-c2csc(-c3cccc(Cl)c3)n2)c(O)c1. The zero-order valence-corrected chi connectivity index (χ0v) is 11.8. The lowest BCUT2D eigenvalue weighted by molar-refractivity contribution is 0.452. The Morgan fingerprint density at radius 1 is 1.05 bits per heavy atom. The zero-order valence-electron chi connectivity index (χ0n) is 10.2. The summed E-state index contributed by atoms with van der Waals surface area (Å²) in [5.74, 6) is 0.0319. The number of thiazole rings is 1. The molecule has 0 saturated carbocycles. The summed E-state index contributed by atoms with van der Waals surface area (Å²) in [7, 11) is 0. The molecule has 2 aromatic carbocycles. The molecule has 0 atom stereocenters. The third-order valence-electron chi connectivity index (χ3n) is 2.83. The van der Waals surface area contributed by atoms with Gasteiger partial charge in [0.15, 0.2) is 0 Å². The number of benzene rings is 2. The number of phenolic OH excluding ortho intramolecular Hbond substituents is 2. The van der Waals surface area contributed by atoms with Gasteiger partial charge in [-0.25, -0.2) is 4.98 Å². The van der Waals surface area contributed by atoms with Crippen LogP contribution in [0.2, 0.25) is 5.02 Å². The van der Waals surface area contributed by atoms with Crippen LogP contribution in [0.25, 0.3) is 21.8 Å². The number of phenols is 2. The van der Waals surface area contributed by atoms with Crippen LogP contribution >= 0.6 is 22.9 Å². The van der Waals surface area contributed by atoms with Crippen molar-refractivity contribution in [2.45, 2.75) is 0 Å². The van der Waals surface area contributed by atoms with Crippen LogP contribution < -0.4 is 0 Å². The van der Waals surface area contributed by atoms with Crippen molar-refractivity contribution in [2.75, 3.05) is 0 Å². The van der Waals surface area contributed by atoms with E-state index in [4.69, 9.17) is 11.6 Å². The second-order valence-electron chi connectivity index (χ2n) is 4.25. The molecule has 3 nitrogen and oxygen atoms in total. The Morgan fingerprint density at radius 3 is 2.65 bits per heavy atom. The summed E-state index contributed by atoms with van der Waals surface area (Å²) < 4.78 is 0. The van der Waals surface area contributed by atoms with E-state index in [0.29, 0.717) is 16.3 Å². The van der Waals surface area contributed by atoms with Crippen LogP contribution in [0.4, 0.5) is 0 Å². The predicted octanol–water partition coefficient (Wildman–Crippen LogP) is 4.54. The summed E-state index contributed by atoms with van der Waals surface area (Å²) in [6.07, 6.45) is 0. The van der Waals surface area contributed by atoms with E-state index in [0.717, 1.165) is 10.6 Å².